The maximum absolute atomic E-state index is 11.3. The Morgan fingerprint density at radius 2 is 1.92 bits per heavy atom. The first-order valence-electron chi connectivity index (χ1n) is 3.43. The number of benzene rings is 1. The summed E-state index contributed by atoms with van der Waals surface area (Å²) < 4.78 is 28.9. The number of hydrogen-bond donors (Lipinski definition) is 1. The van der Waals surface area contributed by atoms with Crippen molar-refractivity contribution >= 4 is 16.1 Å². The topological polar surface area (TPSA) is 72.5 Å². The number of sulfonamides is 1. The fourth-order valence-corrected chi connectivity index (χ4v) is 2.05. The van der Waals surface area contributed by atoms with Gasteiger partial charge in [-0.25, -0.2) is 17.9 Å². The summed E-state index contributed by atoms with van der Waals surface area (Å²) in [7, 11) is -3.72. The summed E-state index contributed by atoms with van der Waals surface area (Å²) in [5, 5.41) is 0. The standard InChI is InChI=1S/C7H5NO4S/c9-7-8-13(10,11)6-4-2-1-3-5(6)12-7/h1-4H,(H,8,9). The molecule has 1 N–H and O–H groups in total. The fourth-order valence-electron chi connectivity index (χ4n) is 1.04. The number of carbonyl (C=O) groups excluding carboxylic acids is 1. The Morgan fingerprint density at radius 1 is 1.23 bits per heavy atom. The van der Waals surface area contributed by atoms with Crippen molar-refractivity contribution in [2.75, 3.05) is 0 Å². The highest BCUT2D eigenvalue weighted by Crippen LogP contribution is 2.26. The van der Waals surface area contributed by atoms with E-state index < -0.39 is 16.1 Å². The van der Waals surface area contributed by atoms with E-state index in [0.717, 1.165) is 0 Å². The van der Waals surface area contributed by atoms with E-state index in [4.69, 9.17) is 0 Å². The Bertz CT molecular complexity index is 465. The van der Waals surface area contributed by atoms with Gasteiger partial charge in [0.1, 0.15) is 4.90 Å². The van der Waals surface area contributed by atoms with Crippen LogP contribution in [0.25, 0.3) is 0 Å². The summed E-state index contributed by atoms with van der Waals surface area (Å²) in [5.74, 6) is 0.0613. The number of nitrogens with one attached hydrogen (secondary N) is 1. The molecule has 0 saturated heterocycles. The van der Waals surface area contributed by atoms with E-state index in [1.807, 2.05) is 0 Å². The number of fused-ring (bicyclic) bond motifs is 1. The second kappa shape index (κ2) is 2.46. The normalized spacial score (nSPS) is 18.3. The van der Waals surface area contributed by atoms with Gasteiger partial charge < -0.3 is 4.74 Å². The van der Waals surface area contributed by atoms with Gasteiger partial charge >= 0.3 is 6.09 Å². The average molecular weight is 199 g/mol. The third kappa shape index (κ3) is 1.25. The van der Waals surface area contributed by atoms with Crippen LogP contribution >= 0.6 is 0 Å². The molecule has 1 aromatic rings. The highest BCUT2D eigenvalue weighted by Gasteiger charge is 2.28. The van der Waals surface area contributed by atoms with Gasteiger partial charge in [0.15, 0.2) is 5.75 Å². The number of amides is 1. The third-order valence-electron chi connectivity index (χ3n) is 1.56. The molecule has 1 heterocycles. The summed E-state index contributed by atoms with van der Waals surface area (Å²) in [6, 6.07) is 5.93. The Hall–Kier alpha value is -1.56. The van der Waals surface area contributed by atoms with Gasteiger partial charge in [-0.15, -0.1) is 0 Å². The molecule has 13 heavy (non-hydrogen) atoms. The zero-order valence-corrected chi connectivity index (χ0v) is 7.17. The minimum atomic E-state index is -3.72. The highest BCUT2D eigenvalue weighted by molar-refractivity contribution is 7.90. The summed E-state index contributed by atoms with van der Waals surface area (Å²) >= 11 is 0. The molecule has 1 aromatic carbocycles. The lowest BCUT2D eigenvalue weighted by molar-refractivity contribution is 0.203. The van der Waals surface area contributed by atoms with Gasteiger partial charge in [-0.3, -0.25) is 0 Å². The Kier molecular flexibility index (Phi) is 1.53. The molecule has 6 heteroatoms. The van der Waals surface area contributed by atoms with Crippen LogP contribution in [0.5, 0.6) is 5.75 Å². The second-order valence-corrected chi connectivity index (χ2v) is 4.09. The van der Waals surface area contributed by atoms with Crippen LogP contribution in [-0.4, -0.2) is 14.5 Å². The van der Waals surface area contributed by atoms with Gasteiger partial charge in [-0.2, -0.15) is 0 Å². The minimum Gasteiger partial charge on any atom is -0.408 e. The summed E-state index contributed by atoms with van der Waals surface area (Å²) in [4.78, 5) is 10.7. The van der Waals surface area contributed by atoms with Gasteiger partial charge in [0, 0.05) is 0 Å². The number of para-hydroxylation sites is 1. The molecule has 0 radical (unpaired) electrons. The molecule has 0 fully saturated rings. The molecule has 68 valence electrons. The van der Waals surface area contributed by atoms with E-state index in [1.54, 1.807) is 16.9 Å². The van der Waals surface area contributed by atoms with Crippen LogP contribution in [0.3, 0.4) is 0 Å². The largest absolute Gasteiger partial charge is 0.426 e. The van der Waals surface area contributed by atoms with Crippen LogP contribution in [0.1, 0.15) is 0 Å². The molecule has 0 aromatic heterocycles. The van der Waals surface area contributed by atoms with E-state index in [-0.39, 0.29) is 10.6 Å². The monoisotopic (exact) mass is 199 g/mol. The SMILES string of the molecule is O=C1NS(=O)(=O)c2ccccc2O1. The van der Waals surface area contributed by atoms with E-state index in [1.165, 1.54) is 12.1 Å². The Morgan fingerprint density at radius 3 is 2.69 bits per heavy atom. The van der Waals surface area contributed by atoms with Crippen LogP contribution in [0.4, 0.5) is 4.79 Å². The molecule has 1 amide bonds. The van der Waals surface area contributed by atoms with Crippen LogP contribution in [0.2, 0.25) is 0 Å². The van der Waals surface area contributed by atoms with Crippen molar-refractivity contribution in [2.45, 2.75) is 4.90 Å². The smallest absolute Gasteiger partial charge is 0.408 e. The number of hydrogen-bond acceptors (Lipinski definition) is 4. The van der Waals surface area contributed by atoms with E-state index in [2.05, 4.69) is 4.74 Å². The molecule has 0 spiro atoms. The van der Waals surface area contributed by atoms with Crippen molar-refractivity contribution in [3.05, 3.63) is 24.3 Å². The lowest BCUT2D eigenvalue weighted by Gasteiger charge is -2.15. The van der Waals surface area contributed by atoms with Gasteiger partial charge in [0.2, 0.25) is 0 Å². The Balaban J connectivity index is 2.70. The maximum Gasteiger partial charge on any atom is 0.426 e. The van der Waals surface area contributed by atoms with Crippen LogP contribution in [0.15, 0.2) is 29.2 Å². The second-order valence-electron chi connectivity index (χ2n) is 2.44. The lowest BCUT2D eigenvalue weighted by atomic mass is 10.3. The molecular formula is C7H5NO4S. The first-order chi connectivity index (χ1) is 6.09. The zero-order chi connectivity index (χ0) is 9.47. The van der Waals surface area contributed by atoms with Crippen LogP contribution < -0.4 is 9.46 Å². The van der Waals surface area contributed by atoms with Crippen LogP contribution in [-0.2, 0) is 10.0 Å². The van der Waals surface area contributed by atoms with Crippen LogP contribution in [0, 0.1) is 0 Å². The number of carbonyl (C=O) groups is 1. The molecular weight excluding hydrogens is 194 g/mol. The fraction of sp³-hybridized carbons (Fsp3) is 0. The van der Waals surface area contributed by atoms with E-state index in [0.29, 0.717) is 0 Å². The zero-order valence-electron chi connectivity index (χ0n) is 6.35. The quantitative estimate of drug-likeness (QED) is 0.659. The third-order valence-corrected chi connectivity index (χ3v) is 2.91. The molecule has 0 bridgehead atoms. The highest BCUT2D eigenvalue weighted by atomic mass is 32.2. The van der Waals surface area contributed by atoms with Crippen molar-refractivity contribution in [3.63, 3.8) is 0 Å². The molecule has 2 rings (SSSR count). The summed E-state index contributed by atoms with van der Waals surface area (Å²) in [6.07, 6.45) is -0.973. The number of ether oxygens (including phenoxy) is 1. The minimum absolute atomic E-state index is 0.0189. The summed E-state index contributed by atoms with van der Waals surface area (Å²) in [5.41, 5.74) is 0. The first-order valence-corrected chi connectivity index (χ1v) is 4.91. The predicted molar refractivity (Wildman–Crippen MR) is 42.8 cm³/mol. The lowest BCUT2D eigenvalue weighted by Crippen LogP contribution is -2.37. The molecule has 1 aliphatic rings. The molecule has 0 aliphatic carbocycles. The first kappa shape index (κ1) is 8.06. The predicted octanol–water partition coefficient (Wildman–Crippen LogP) is 0.477. The van der Waals surface area contributed by atoms with Crippen molar-refractivity contribution in [2.24, 2.45) is 0 Å². The van der Waals surface area contributed by atoms with Crippen molar-refractivity contribution in [1.29, 1.82) is 0 Å². The molecule has 1 aliphatic heterocycles. The van der Waals surface area contributed by atoms with Gasteiger partial charge in [-0.05, 0) is 12.1 Å². The van der Waals surface area contributed by atoms with Crippen molar-refractivity contribution < 1.29 is 17.9 Å². The van der Waals surface area contributed by atoms with E-state index >= 15 is 0 Å². The number of rotatable bonds is 0. The molecule has 0 atom stereocenters. The van der Waals surface area contributed by atoms with E-state index in [9.17, 15) is 13.2 Å². The molecule has 0 saturated carbocycles. The molecule has 5 nitrogen and oxygen atoms in total. The van der Waals surface area contributed by atoms with Crippen molar-refractivity contribution in [3.8, 4) is 5.75 Å². The Labute approximate surface area is 74.4 Å². The summed E-state index contributed by atoms with van der Waals surface area (Å²) in [6.45, 7) is 0. The van der Waals surface area contributed by atoms with Gasteiger partial charge in [0.25, 0.3) is 10.0 Å². The van der Waals surface area contributed by atoms with Crippen molar-refractivity contribution in [1.82, 2.24) is 4.72 Å². The average Bonchev–Trinajstić information content (AvgIpc) is 2.02. The molecule has 0 unspecified atom stereocenters. The maximum atomic E-state index is 11.3. The van der Waals surface area contributed by atoms with Gasteiger partial charge in [-0.1, -0.05) is 12.1 Å². The van der Waals surface area contributed by atoms with Gasteiger partial charge in [0.05, 0.1) is 0 Å².